The summed E-state index contributed by atoms with van der Waals surface area (Å²) in [6.07, 6.45) is 5.20. The molecule has 0 spiro atoms. The third-order valence-corrected chi connectivity index (χ3v) is 2.79. The number of benzene rings is 1. The molecule has 0 aliphatic carbocycles. The quantitative estimate of drug-likeness (QED) is 0.814. The first-order valence-corrected chi connectivity index (χ1v) is 6.15. The van der Waals surface area contributed by atoms with Crippen molar-refractivity contribution in [3.8, 4) is 0 Å². The summed E-state index contributed by atoms with van der Waals surface area (Å²) in [6, 6.07) is 6.84. The molecule has 2 rings (SSSR count). The predicted molar refractivity (Wildman–Crippen MR) is 70.7 cm³/mol. The molecule has 0 saturated carbocycles. The maximum absolute atomic E-state index is 11.7. The highest BCUT2D eigenvalue weighted by Gasteiger charge is 2.04. The van der Waals surface area contributed by atoms with E-state index in [1.165, 1.54) is 0 Å². The normalized spacial score (nSPS) is 10.3. The van der Waals surface area contributed by atoms with Crippen LogP contribution in [0.15, 0.2) is 36.7 Å². The van der Waals surface area contributed by atoms with E-state index in [4.69, 9.17) is 11.6 Å². The van der Waals surface area contributed by atoms with Crippen LogP contribution in [0, 0.1) is 0 Å². The number of imidazole rings is 1. The third kappa shape index (κ3) is 3.60. The lowest BCUT2D eigenvalue weighted by Crippen LogP contribution is -2.24. The number of aromatic amines is 1. The minimum atomic E-state index is -0.0777. The van der Waals surface area contributed by atoms with Crippen molar-refractivity contribution in [1.82, 2.24) is 15.3 Å². The minimum absolute atomic E-state index is 0.0777. The molecule has 0 saturated heterocycles. The molecule has 0 atom stereocenters. The Morgan fingerprint density at radius 3 is 2.78 bits per heavy atom. The Bertz CT molecular complexity index is 493. The Morgan fingerprint density at radius 1 is 1.33 bits per heavy atom. The van der Waals surface area contributed by atoms with Crippen molar-refractivity contribution in [3.05, 3.63) is 53.1 Å². The zero-order valence-electron chi connectivity index (χ0n) is 9.82. The molecule has 0 aliphatic heterocycles. The minimum Gasteiger partial charge on any atom is -0.352 e. The molecule has 1 amide bonds. The number of amides is 1. The third-order valence-electron chi connectivity index (χ3n) is 2.54. The van der Waals surface area contributed by atoms with Crippen LogP contribution in [0.25, 0.3) is 0 Å². The SMILES string of the molecule is O=C(NCCCc1ncc[nH]1)c1ccc(Cl)cc1. The Labute approximate surface area is 110 Å². The fourth-order valence-electron chi connectivity index (χ4n) is 1.60. The molecule has 0 bridgehead atoms. The summed E-state index contributed by atoms with van der Waals surface area (Å²) in [4.78, 5) is 18.9. The highest BCUT2D eigenvalue weighted by Crippen LogP contribution is 2.09. The van der Waals surface area contributed by atoms with Gasteiger partial charge in [0.15, 0.2) is 0 Å². The van der Waals surface area contributed by atoms with Crippen LogP contribution in [-0.2, 0) is 6.42 Å². The van der Waals surface area contributed by atoms with Gasteiger partial charge < -0.3 is 10.3 Å². The molecular formula is C13H14ClN3O. The molecule has 1 aromatic heterocycles. The lowest BCUT2D eigenvalue weighted by Gasteiger charge is -2.04. The highest BCUT2D eigenvalue weighted by atomic mass is 35.5. The fourth-order valence-corrected chi connectivity index (χ4v) is 1.72. The van der Waals surface area contributed by atoms with Crippen molar-refractivity contribution in [2.24, 2.45) is 0 Å². The van der Waals surface area contributed by atoms with Gasteiger partial charge in [0, 0.05) is 35.9 Å². The Kier molecular flexibility index (Phi) is 4.36. The van der Waals surface area contributed by atoms with E-state index in [0.717, 1.165) is 18.7 Å². The van der Waals surface area contributed by atoms with Gasteiger partial charge in [0.1, 0.15) is 5.82 Å². The smallest absolute Gasteiger partial charge is 0.251 e. The molecule has 2 aromatic rings. The van der Waals surface area contributed by atoms with Crippen LogP contribution in [0.2, 0.25) is 5.02 Å². The molecule has 4 nitrogen and oxygen atoms in total. The van der Waals surface area contributed by atoms with E-state index in [2.05, 4.69) is 15.3 Å². The topological polar surface area (TPSA) is 57.8 Å². The van der Waals surface area contributed by atoms with Crippen LogP contribution in [0.3, 0.4) is 0 Å². The number of nitrogens with one attached hydrogen (secondary N) is 2. The first kappa shape index (κ1) is 12.6. The van der Waals surface area contributed by atoms with Gasteiger partial charge >= 0.3 is 0 Å². The molecule has 1 aromatic carbocycles. The summed E-state index contributed by atoms with van der Waals surface area (Å²) in [5.41, 5.74) is 0.623. The van der Waals surface area contributed by atoms with Crippen molar-refractivity contribution in [1.29, 1.82) is 0 Å². The van der Waals surface area contributed by atoms with Crippen LogP contribution in [0.5, 0.6) is 0 Å². The summed E-state index contributed by atoms with van der Waals surface area (Å²) in [7, 11) is 0. The Balaban J connectivity index is 1.73. The predicted octanol–water partition coefficient (Wildman–Crippen LogP) is 2.43. The number of halogens is 1. The highest BCUT2D eigenvalue weighted by molar-refractivity contribution is 6.30. The average molecular weight is 264 g/mol. The molecule has 94 valence electrons. The van der Waals surface area contributed by atoms with E-state index in [0.29, 0.717) is 17.1 Å². The molecule has 0 radical (unpaired) electrons. The zero-order chi connectivity index (χ0) is 12.8. The van der Waals surface area contributed by atoms with Gasteiger partial charge in [-0.2, -0.15) is 0 Å². The molecular weight excluding hydrogens is 250 g/mol. The maximum Gasteiger partial charge on any atom is 0.251 e. The van der Waals surface area contributed by atoms with Gasteiger partial charge in [-0.1, -0.05) is 11.6 Å². The second-order valence-corrected chi connectivity index (χ2v) is 4.34. The molecule has 0 unspecified atom stereocenters. The largest absolute Gasteiger partial charge is 0.352 e. The Morgan fingerprint density at radius 2 is 2.11 bits per heavy atom. The van der Waals surface area contributed by atoms with Crippen molar-refractivity contribution < 1.29 is 4.79 Å². The van der Waals surface area contributed by atoms with Gasteiger partial charge in [-0.3, -0.25) is 4.79 Å². The van der Waals surface area contributed by atoms with Gasteiger partial charge in [-0.05, 0) is 30.7 Å². The number of aromatic nitrogens is 2. The molecule has 18 heavy (non-hydrogen) atoms. The van der Waals surface area contributed by atoms with Gasteiger partial charge in [-0.15, -0.1) is 0 Å². The van der Waals surface area contributed by atoms with Crippen molar-refractivity contribution in [3.63, 3.8) is 0 Å². The molecule has 2 N–H and O–H groups in total. The van der Waals surface area contributed by atoms with Gasteiger partial charge in [0.05, 0.1) is 0 Å². The van der Waals surface area contributed by atoms with Gasteiger partial charge in [0.2, 0.25) is 0 Å². The van der Waals surface area contributed by atoms with E-state index in [1.807, 2.05) is 0 Å². The summed E-state index contributed by atoms with van der Waals surface area (Å²) >= 11 is 5.76. The summed E-state index contributed by atoms with van der Waals surface area (Å²) in [5, 5.41) is 3.49. The van der Waals surface area contributed by atoms with Crippen molar-refractivity contribution in [2.45, 2.75) is 12.8 Å². The number of H-pyrrole nitrogens is 1. The second kappa shape index (κ2) is 6.21. The van der Waals surface area contributed by atoms with Gasteiger partial charge in [-0.25, -0.2) is 4.98 Å². The fraction of sp³-hybridized carbons (Fsp3) is 0.231. The number of carbonyl (C=O) groups is 1. The zero-order valence-corrected chi connectivity index (χ0v) is 10.6. The lowest BCUT2D eigenvalue weighted by molar-refractivity contribution is 0.0953. The van der Waals surface area contributed by atoms with E-state index in [-0.39, 0.29) is 5.91 Å². The van der Waals surface area contributed by atoms with E-state index in [1.54, 1.807) is 36.7 Å². The lowest BCUT2D eigenvalue weighted by atomic mass is 10.2. The number of hydrogen-bond donors (Lipinski definition) is 2. The van der Waals surface area contributed by atoms with Crippen LogP contribution < -0.4 is 5.32 Å². The van der Waals surface area contributed by atoms with E-state index in [9.17, 15) is 4.79 Å². The first-order chi connectivity index (χ1) is 8.75. The monoisotopic (exact) mass is 263 g/mol. The van der Waals surface area contributed by atoms with E-state index >= 15 is 0 Å². The van der Waals surface area contributed by atoms with E-state index < -0.39 is 0 Å². The number of rotatable bonds is 5. The summed E-state index contributed by atoms with van der Waals surface area (Å²) in [6.45, 7) is 0.627. The number of aryl methyl sites for hydroxylation is 1. The molecule has 0 aliphatic rings. The van der Waals surface area contributed by atoms with Crippen molar-refractivity contribution in [2.75, 3.05) is 6.54 Å². The molecule has 0 fully saturated rings. The van der Waals surface area contributed by atoms with Crippen LogP contribution >= 0.6 is 11.6 Å². The number of carbonyl (C=O) groups excluding carboxylic acids is 1. The van der Waals surface area contributed by atoms with Crippen LogP contribution in [0.1, 0.15) is 22.6 Å². The van der Waals surface area contributed by atoms with Crippen LogP contribution in [-0.4, -0.2) is 22.4 Å². The summed E-state index contributed by atoms with van der Waals surface area (Å²) < 4.78 is 0. The van der Waals surface area contributed by atoms with Gasteiger partial charge in [0.25, 0.3) is 5.91 Å². The first-order valence-electron chi connectivity index (χ1n) is 5.78. The maximum atomic E-state index is 11.7. The Hall–Kier alpha value is -1.81. The standard InChI is InChI=1S/C13H14ClN3O/c14-11-5-3-10(4-6-11)13(18)17-7-1-2-12-15-8-9-16-12/h3-6,8-9H,1-2,7H2,(H,15,16)(H,17,18). The molecule has 5 heteroatoms. The van der Waals surface area contributed by atoms with Crippen LogP contribution in [0.4, 0.5) is 0 Å². The number of hydrogen-bond acceptors (Lipinski definition) is 2. The molecule has 1 heterocycles. The number of nitrogens with zero attached hydrogens (tertiary/aromatic N) is 1. The average Bonchev–Trinajstić information content (AvgIpc) is 2.88. The van der Waals surface area contributed by atoms with Crippen molar-refractivity contribution >= 4 is 17.5 Å². The second-order valence-electron chi connectivity index (χ2n) is 3.90. The summed E-state index contributed by atoms with van der Waals surface area (Å²) in [5.74, 6) is 0.863.